The molecule has 1 amide bonds. The van der Waals surface area contributed by atoms with Crippen molar-refractivity contribution in [2.45, 2.75) is 89.6 Å². The Morgan fingerprint density at radius 2 is 1.58 bits per heavy atom. The number of rotatable bonds is 16. The van der Waals surface area contributed by atoms with Crippen LogP contribution in [0, 0.1) is 5.82 Å². The summed E-state index contributed by atoms with van der Waals surface area (Å²) in [6, 6.07) is 21.5. The van der Waals surface area contributed by atoms with Crippen molar-refractivity contribution >= 4 is 11.7 Å². The number of carbonyl (C=O) groups excluding carboxylic acids is 1. The van der Waals surface area contributed by atoms with Crippen LogP contribution in [-0.4, -0.2) is 49.9 Å². The number of benzene rings is 3. The Bertz CT molecular complexity index is 1960. The molecule has 0 radical (unpaired) electrons. The number of phenols is 1. The zero-order valence-electron chi connectivity index (χ0n) is 30.2. The van der Waals surface area contributed by atoms with E-state index in [0.29, 0.717) is 47.9 Å². The summed E-state index contributed by atoms with van der Waals surface area (Å²) in [5.41, 5.74) is 4.74. The molecule has 1 aliphatic carbocycles. The molecule has 1 unspecified atom stereocenters. The van der Waals surface area contributed by atoms with Gasteiger partial charge in [-0.3, -0.25) is 4.40 Å². The van der Waals surface area contributed by atoms with Gasteiger partial charge in [-0.05, 0) is 92.5 Å². The van der Waals surface area contributed by atoms with Crippen molar-refractivity contribution in [2.75, 3.05) is 13.2 Å². The smallest absolute Gasteiger partial charge is 0.407 e. The number of aromatic nitrogens is 3. The second kappa shape index (κ2) is 18.9. The van der Waals surface area contributed by atoms with Crippen LogP contribution in [0.5, 0.6) is 17.4 Å². The van der Waals surface area contributed by atoms with Gasteiger partial charge in [0, 0.05) is 31.1 Å². The van der Waals surface area contributed by atoms with Crippen molar-refractivity contribution in [3.8, 4) is 28.6 Å². The van der Waals surface area contributed by atoms with Crippen molar-refractivity contribution in [3.05, 3.63) is 119 Å². The lowest BCUT2D eigenvalue weighted by molar-refractivity contribution is 0.0863. The summed E-state index contributed by atoms with van der Waals surface area (Å²) >= 11 is 0. The largest absolute Gasteiger partial charge is 0.508 e. The fourth-order valence-corrected chi connectivity index (χ4v) is 6.65. The van der Waals surface area contributed by atoms with Crippen LogP contribution >= 0.6 is 0 Å². The van der Waals surface area contributed by atoms with E-state index in [9.17, 15) is 15.0 Å². The summed E-state index contributed by atoms with van der Waals surface area (Å²) < 4.78 is 28.1. The van der Waals surface area contributed by atoms with E-state index in [1.54, 1.807) is 47.0 Å². The van der Waals surface area contributed by atoms with E-state index in [1.165, 1.54) is 6.07 Å². The van der Waals surface area contributed by atoms with Gasteiger partial charge in [-0.1, -0.05) is 74.2 Å². The van der Waals surface area contributed by atoms with Crippen molar-refractivity contribution in [1.82, 2.24) is 19.7 Å². The minimum absolute atomic E-state index is 0.0114. The minimum atomic E-state index is -0.454. The first-order valence-corrected chi connectivity index (χ1v) is 18.9. The summed E-state index contributed by atoms with van der Waals surface area (Å²) in [5, 5.41) is 24.0. The monoisotopic (exact) mass is 720 g/mol. The average Bonchev–Trinajstić information content (AvgIpc) is 3.46. The Hall–Kier alpha value is -5.38. The number of amides is 1. The lowest BCUT2D eigenvalue weighted by Gasteiger charge is -2.18. The fraction of sp³-hybridized carbons (Fsp3) is 0.372. The maximum Gasteiger partial charge on any atom is 0.407 e. The standard InChI is InChI=1S/C43H49FN4O5/c44-36-27-32(19-24-40(36)52-26-14-7-2-1-6-13-25-45-43(51)53-35-17-11-4-3-5-12-18-35)29-38-42(50)48-30-39(33-20-22-34(49)23-21-33)46-37(41(48)47-38)28-31-15-9-8-10-16-31/h3-4,8-10,15-16,19-24,27,30,35,49-50H,1-2,5-7,11-14,17-18,25-26,28-29H2,(H,45,51)/b4-3-. The van der Waals surface area contributed by atoms with Crippen LogP contribution in [0.4, 0.5) is 9.18 Å². The number of hydrogen-bond acceptors (Lipinski definition) is 7. The molecule has 1 atom stereocenters. The quantitative estimate of drug-likeness (QED) is 0.0687. The molecule has 0 fully saturated rings. The highest BCUT2D eigenvalue weighted by atomic mass is 19.1. The molecule has 5 aromatic rings. The third-order valence-electron chi connectivity index (χ3n) is 9.56. The zero-order chi connectivity index (χ0) is 36.8. The van der Waals surface area contributed by atoms with Gasteiger partial charge in [0.05, 0.1) is 18.0 Å². The van der Waals surface area contributed by atoms with Crippen molar-refractivity contribution in [3.63, 3.8) is 0 Å². The molecule has 0 saturated heterocycles. The van der Waals surface area contributed by atoms with Gasteiger partial charge in [0.2, 0.25) is 5.88 Å². The molecule has 9 nitrogen and oxygen atoms in total. The maximum atomic E-state index is 15.1. The first-order chi connectivity index (χ1) is 25.9. The molecule has 2 aromatic heterocycles. The maximum absolute atomic E-state index is 15.1. The number of imidazole rings is 1. The Morgan fingerprint density at radius 1 is 0.830 bits per heavy atom. The average molecular weight is 721 g/mol. The van der Waals surface area contributed by atoms with Crippen LogP contribution in [0.3, 0.4) is 0 Å². The van der Waals surface area contributed by atoms with Crippen LogP contribution < -0.4 is 10.1 Å². The SMILES string of the molecule is O=C(NCCCCCCCCOc1ccc(Cc2nc3c(Cc4ccccc4)nc(-c4ccc(O)cc4)cn3c2O)cc1F)OC1CC/C=C\CCC1. The van der Waals surface area contributed by atoms with E-state index in [1.807, 2.05) is 30.3 Å². The lowest BCUT2D eigenvalue weighted by atomic mass is 10.0. The van der Waals surface area contributed by atoms with Gasteiger partial charge >= 0.3 is 6.09 Å². The Balaban J connectivity index is 0.959. The molecule has 6 rings (SSSR count). The Labute approximate surface area is 310 Å². The molecule has 3 aromatic carbocycles. The van der Waals surface area contributed by atoms with Gasteiger partial charge in [0.1, 0.15) is 17.5 Å². The van der Waals surface area contributed by atoms with Gasteiger partial charge in [-0.15, -0.1) is 0 Å². The first kappa shape index (κ1) is 37.4. The second-order valence-electron chi connectivity index (χ2n) is 13.7. The normalized spacial score (nSPS) is 15.1. The molecule has 10 heteroatoms. The summed E-state index contributed by atoms with van der Waals surface area (Å²) in [7, 11) is 0. The van der Waals surface area contributed by atoms with Gasteiger partial charge in [0.15, 0.2) is 17.2 Å². The number of aromatic hydroxyl groups is 2. The molecular formula is C43H49FN4O5. The molecule has 2 heterocycles. The van der Waals surface area contributed by atoms with E-state index >= 15 is 4.39 Å². The molecule has 0 aliphatic heterocycles. The number of unbranched alkanes of at least 4 members (excludes halogenated alkanes) is 5. The molecule has 1 aliphatic rings. The highest BCUT2D eigenvalue weighted by molar-refractivity contribution is 5.67. The summed E-state index contributed by atoms with van der Waals surface area (Å²) in [6.45, 7) is 1.05. The summed E-state index contributed by atoms with van der Waals surface area (Å²) in [5.74, 6) is -0.129. The number of allylic oxidation sites excluding steroid dienone is 2. The molecular weight excluding hydrogens is 671 g/mol. The van der Waals surface area contributed by atoms with Crippen molar-refractivity contribution < 1.29 is 28.9 Å². The molecule has 53 heavy (non-hydrogen) atoms. The topological polar surface area (TPSA) is 118 Å². The number of nitrogens with zero attached hydrogens (tertiary/aromatic N) is 3. The molecule has 278 valence electrons. The number of halogens is 1. The second-order valence-corrected chi connectivity index (χ2v) is 13.7. The lowest BCUT2D eigenvalue weighted by Crippen LogP contribution is -2.30. The minimum Gasteiger partial charge on any atom is -0.508 e. The predicted molar refractivity (Wildman–Crippen MR) is 204 cm³/mol. The number of alkyl carbamates (subject to hydrolysis) is 1. The van der Waals surface area contributed by atoms with Crippen molar-refractivity contribution in [2.24, 2.45) is 0 Å². The van der Waals surface area contributed by atoms with Crippen LogP contribution in [0.15, 0.2) is 91.1 Å². The highest BCUT2D eigenvalue weighted by Crippen LogP contribution is 2.30. The van der Waals surface area contributed by atoms with Crippen LogP contribution in [0.25, 0.3) is 16.9 Å². The number of ether oxygens (including phenoxy) is 2. The molecule has 3 N–H and O–H groups in total. The van der Waals surface area contributed by atoms with E-state index in [0.717, 1.165) is 81.8 Å². The molecule has 0 saturated carbocycles. The number of hydrogen-bond donors (Lipinski definition) is 3. The van der Waals surface area contributed by atoms with Crippen molar-refractivity contribution in [1.29, 1.82) is 0 Å². The summed E-state index contributed by atoms with van der Waals surface area (Å²) in [6.07, 6.45) is 17.3. The Kier molecular flexibility index (Phi) is 13.3. The van der Waals surface area contributed by atoms with Gasteiger partial charge in [-0.2, -0.15) is 0 Å². The predicted octanol–water partition coefficient (Wildman–Crippen LogP) is 9.46. The molecule has 0 bridgehead atoms. The van der Waals surface area contributed by atoms with Gasteiger partial charge in [0.25, 0.3) is 0 Å². The third-order valence-corrected chi connectivity index (χ3v) is 9.56. The first-order valence-electron chi connectivity index (χ1n) is 18.9. The van der Waals surface area contributed by atoms with Crippen LogP contribution in [0.1, 0.15) is 93.1 Å². The van der Waals surface area contributed by atoms with Crippen LogP contribution in [-0.2, 0) is 17.6 Å². The Morgan fingerprint density at radius 3 is 2.40 bits per heavy atom. The highest BCUT2D eigenvalue weighted by Gasteiger charge is 2.19. The van der Waals surface area contributed by atoms with Gasteiger partial charge in [-0.25, -0.2) is 19.2 Å². The summed E-state index contributed by atoms with van der Waals surface area (Å²) in [4.78, 5) is 21.8. The molecule has 0 spiro atoms. The van der Waals surface area contributed by atoms with E-state index in [-0.39, 0.29) is 36.0 Å². The number of nitrogens with one attached hydrogen (secondary N) is 1. The van der Waals surface area contributed by atoms with Gasteiger partial charge < -0.3 is 25.0 Å². The number of phenolic OH excluding ortho intramolecular Hbond substituents is 1. The van der Waals surface area contributed by atoms with E-state index in [2.05, 4.69) is 17.5 Å². The third kappa shape index (κ3) is 10.8. The number of carbonyl (C=O) groups is 1. The number of fused-ring (bicyclic) bond motifs is 1. The van der Waals surface area contributed by atoms with E-state index in [4.69, 9.17) is 19.4 Å². The zero-order valence-corrected chi connectivity index (χ0v) is 30.2. The van der Waals surface area contributed by atoms with Crippen LogP contribution in [0.2, 0.25) is 0 Å². The fourth-order valence-electron chi connectivity index (χ4n) is 6.65. The van der Waals surface area contributed by atoms with E-state index < -0.39 is 5.82 Å².